The third-order valence-electron chi connectivity index (χ3n) is 6.63. The number of carbonyl (C=O) groups excluding carboxylic acids is 1. The predicted octanol–water partition coefficient (Wildman–Crippen LogP) is 4.76. The van der Waals surface area contributed by atoms with Gasteiger partial charge in [-0.25, -0.2) is 9.97 Å². The molecular formula is C28H37N7O. The molecule has 0 unspecified atom stereocenters. The summed E-state index contributed by atoms with van der Waals surface area (Å²) in [5, 5.41) is 7.84. The number of anilines is 2. The van der Waals surface area contributed by atoms with Crippen molar-refractivity contribution < 1.29 is 4.79 Å². The number of aryl methyl sites for hydroxylation is 1. The highest BCUT2D eigenvalue weighted by Gasteiger charge is 2.17. The molecule has 2 aromatic heterocycles. The molecule has 0 saturated heterocycles. The van der Waals surface area contributed by atoms with E-state index in [0.29, 0.717) is 12.0 Å². The Morgan fingerprint density at radius 1 is 1.19 bits per heavy atom. The lowest BCUT2D eigenvalue weighted by atomic mass is 9.99. The first-order chi connectivity index (χ1) is 17.4. The standard InChI is InChI=1S/C28H37N7O/c1-6-34(7-2)26(36)9-8-13-33-14-12-22-10-11-25(15-23(22)18-33)31-28-29-16-21(5)27(32-28)24-17-30-35(19-24)20(3)4/h8-11,15-17,19-20H,6-7,12-14,18H2,1-5H3,(H,29,31,32)/b9-8+. The van der Waals surface area contributed by atoms with Crippen molar-refractivity contribution in [3.8, 4) is 11.3 Å². The first-order valence-corrected chi connectivity index (χ1v) is 12.8. The van der Waals surface area contributed by atoms with Gasteiger partial charge in [-0.2, -0.15) is 5.10 Å². The van der Waals surface area contributed by atoms with Gasteiger partial charge in [0.15, 0.2) is 0 Å². The number of amides is 1. The lowest BCUT2D eigenvalue weighted by Gasteiger charge is -2.28. The minimum absolute atomic E-state index is 0.0814. The Hall–Kier alpha value is -3.52. The molecule has 3 aromatic rings. The number of hydrogen-bond acceptors (Lipinski definition) is 6. The Balaban J connectivity index is 1.44. The average molecular weight is 488 g/mol. The fourth-order valence-electron chi connectivity index (χ4n) is 4.46. The summed E-state index contributed by atoms with van der Waals surface area (Å²) in [6, 6.07) is 6.77. The molecule has 0 spiro atoms. The van der Waals surface area contributed by atoms with E-state index >= 15 is 0 Å². The number of benzene rings is 1. The third kappa shape index (κ3) is 5.99. The maximum Gasteiger partial charge on any atom is 0.246 e. The first kappa shape index (κ1) is 25.6. The van der Waals surface area contributed by atoms with Gasteiger partial charge >= 0.3 is 0 Å². The Kier molecular flexibility index (Phi) is 8.15. The SMILES string of the molecule is CCN(CC)C(=O)/C=C/CN1CCc2ccc(Nc3ncc(C)c(-c4cnn(C(C)C)c4)n3)cc2C1. The molecule has 1 amide bonds. The second-order valence-electron chi connectivity index (χ2n) is 9.53. The minimum Gasteiger partial charge on any atom is -0.340 e. The average Bonchev–Trinajstić information content (AvgIpc) is 3.36. The molecule has 0 saturated carbocycles. The largest absolute Gasteiger partial charge is 0.340 e. The second-order valence-corrected chi connectivity index (χ2v) is 9.53. The topological polar surface area (TPSA) is 79.2 Å². The van der Waals surface area contributed by atoms with Crippen LogP contribution in [-0.2, 0) is 17.8 Å². The molecule has 1 aromatic carbocycles. The van der Waals surface area contributed by atoms with Gasteiger partial charge in [0, 0.05) is 68.5 Å². The van der Waals surface area contributed by atoms with Gasteiger partial charge in [0.2, 0.25) is 11.9 Å². The number of nitrogens with one attached hydrogen (secondary N) is 1. The van der Waals surface area contributed by atoms with E-state index in [-0.39, 0.29) is 5.91 Å². The van der Waals surface area contributed by atoms with Gasteiger partial charge in [-0.3, -0.25) is 14.4 Å². The van der Waals surface area contributed by atoms with Crippen molar-refractivity contribution in [2.24, 2.45) is 0 Å². The molecule has 0 aliphatic carbocycles. The number of rotatable bonds is 9. The van der Waals surface area contributed by atoms with Gasteiger partial charge < -0.3 is 10.2 Å². The van der Waals surface area contributed by atoms with E-state index in [1.165, 1.54) is 11.1 Å². The van der Waals surface area contributed by atoms with Gasteiger partial charge in [-0.1, -0.05) is 12.1 Å². The Morgan fingerprint density at radius 3 is 2.72 bits per heavy atom. The van der Waals surface area contributed by atoms with E-state index in [0.717, 1.165) is 61.7 Å². The van der Waals surface area contributed by atoms with Gasteiger partial charge in [-0.05, 0) is 69.9 Å². The van der Waals surface area contributed by atoms with Crippen molar-refractivity contribution in [3.05, 3.63) is 65.6 Å². The molecule has 8 heteroatoms. The summed E-state index contributed by atoms with van der Waals surface area (Å²) < 4.78 is 1.94. The Labute approximate surface area is 214 Å². The van der Waals surface area contributed by atoms with Crippen molar-refractivity contribution in [1.82, 2.24) is 29.5 Å². The van der Waals surface area contributed by atoms with E-state index in [9.17, 15) is 4.79 Å². The molecule has 36 heavy (non-hydrogen) atoms. The summed E-state index contributed by atoms with van der Waals surface area (Å²) in [6.45, 7) is 14.3. The highest BCUT2D eigenvalue weighted by molar-refractivity contribution is 5.87. The summed E-state index contributed by atoms with van der Waals surface area (Å²) >= 11 is 0. The van der Waals surface area contributed by atoms with Crippen LogP contribution in [0.5, 0.6) is 0 Å². The fraction of sp³-hybridized carbons (Fsp3) is 0.429. The number of nitrogens with zero attached hydrogens (tertiary/aromatic N) is 6. The molecule has 3 heterocycles. The van der Waals surface area contributed by atoms with Crippen LogP contribution < -0.4 is 5.32 Å². The van der Waals surface area contributed by atoms with E-state index in [1.807, 2.05) is 55.0 Å². The molecule has 0 bridgehead atoms. The van der Waals surface area contributed by atoms with E-state index in [2.05, 4.69) is 52.3 Å². The highest BCUT2D eigenvalue weighted by atomic mass is 16.2. The highest BCUT2D eigenvalue weighted by Crippen LogP contribution is 2.26. The van der Waals surface area contributed by atoms with Gasteiger partial charge in [0.1, 0.15) is 0 Å². The van der Waals surface area contributed by atoms with Crippen LogP contribution in [-0.4, -0.2) is 61.6 Å². The third-order valence-corrected chi connectivity index (χ3v) is 6.63. The monoisotopic (exact) mass is 487 g/mol. The quantitative estimate of drug-likeness (QED) is 0.439. The van der Waals surface area contributed by atoms with Crippen molar-refractivity contribution in [1.29, 1.82) is 0 Å². The molecule has 0 radical (unpaired) electrons. The molecule has 8 nitrogen and oxygen atoms in total. The van der Waals surface area contributed by atoms with Crippen molar-refractivity contribution in [2.75, 3.05) is 31.5 Å². The smallest absolute Gasteiger partial charge is 0.246 e. The van der Waals surface area contributed by atoms with Crippen LogP contribution in [0.25, 0.3) is 11.3 Å². The Morgan fingerprint density at radius 2 is 2.00 bits per heavy atom. The van der Waals surface area contributed by atoms with Crippen LogP contribution >= 0.6 is 0 Å². The zero-order chi connectivity index (χ0) is 25.7. The molecule has 1 N–H and O–H groups in total. The van der Waals surface area contributed by atoms with Gasteiger partial charge in [0.05, 0.1) is 11.9 Å². The van der Waals surface area contributed by atoms with Crippen molar-refractivity contribution in [3.63, 3.8) is 0 Å². The number of aromatic nitrogens is 4. The maximum atomic E-state index is 12.2. The minimum atomic E-state index is 0.0814. The van der Waals surface area contributed by atoms with Crippen LogP contribution in [0.3, 0.4) is 0 Å². The molecule has 0 fully saturated rings. The molecule has 0 atom stereocenters. The zero-order valence-corrected chi connectivity index (χ0v) is 22.0. The summed E-state index contributed by atoms with van der Waals surface area (Å²) in [6.07, 6.45) is 10.4. The fourth-order valence-corrected chi connectivity index (χ4v) is 4.46. The number of carbonyl (C=O) groups is 1. The van der Waals surface area contributed by atoms with Gasteiger partial charge in [0.25, 0.3) is 0 Å². The molecule has 190 valence electrons. The molecule has 4 rings (SSSR count). The summed E-state index contributed by atoms with van der Waals surface area (Å²) in [5.41, 5.74) is 6.51. The predicted molar refractivity (Wildman–Crippen MR) is 144 cm³/mol. The van der Waals surface area contributed by atoms with E-state index in [1.54, 1.807) is 6.08 Å². The summed E-state index contributed by atoms with van der Waals surface area (Å²) in [5.74, 6) is 0.649. The van der Waals surface area contributed by atoms with Crippen molar-refractivity contribution >= 4 is 17.5 Å². The zero-order valence-electron chi connectivity index (χ0n) is 22.0. The van der Waals surface area contributed by atoms with E-state index < -0.39 is 0 Å². The number of hydrogen-bond donors (Lipinski definition) is 1. The van der Waals surface area contributed by atoms with Gasteiger partial charge in [-0.15, -0.1) is 0 Å². The van der Waals surface area contributed by atoms with Crippen LogP contribution in [0.1, 0.15) is 50.4 Å². The van der Waals surface area contributed by atoms with E-state index in [4.69, 9.17) is 4.98 Å². The molecule has 1 aliphatic heterocycles. The maximum absolute atomic E-state index is 12.2. The Bertz CT molecular complexity index is 1230. The summed E-state index contributed by atoms with van der Waals surface area (Å²) in [7, 11) is 0. The molecule has 1 aliphatic rings. The summed E-state index contributed by atoms with van der Waals surface area (Å²) in [4.78, 5) is 25.7. The second kappa shape index (κ2) is 11.5. The van der Waals surface area contributed by atoms with Crippen LogP contribution in [0.2, 0.25) is 0 Å². The number of likely N-dealkylation sites (N-methyl/N-ethyl adjacent to an activating group) is 1. The van der Waals surface area contributed by atoms with Crippen LogP contribution in [0.15, 0.2) is 48.9 Å². The van der Waals surface area contributed by atoms with Crippen LogP contribution in [0.4, 0.5) is 11.6 Å². The lowest BCUT2D eigenvalue weighted by molar-refractivity contribution is -0.125. The normalized spacial score (nSPS) is 13.8. The van der Waals surface area contributed by atoms with Crippen molar-refractivity contribution in [2.45, 2.75) is 53.6 Å². The van der Waals surface area contributed by atoms with Crippen LogP contribution in [0, 0.1) is 6.92 Å². The molecular weight excluding hydrogens is 450 g/mol. The number of fused-ring (bicyclic) bond motifs is 1. The first-order valence-electron chi connectivity index (χ1n) is 12.8. The lowest BCUT2D eigenvalue weighted by Crippen LogP contribution is -2.31.